The van der Waals surface area contributed by atoms with Crippen molar-refractivity contribution in [1.29, 1.82) is 0 Å². The van der Waals surface area contributed by atoms with Crippen LogP contribution in [-0.4, -0.2) is 56.6 Å². The Balaban J connectivity index is 4.03. The first-order chi connectivity index (χ1) is 7.56. The van der Waals surface area contributed by atoms with Gasteiger partial charge >= 0.3 is 0 Å². The molecule has 98 valence electrons. The topological polar surface area (TPSA) is 32.5 Å². The second-order valence-corrected chi connectivity index (χ2v) is 5.02. The molecule has 0 bridgehead atoms. The lowest BCUT2D eigenvalue weighted by Crippen LogP contribution is -2.44. The van der Waals surface area contributed by atoms with Crippen molar-refractivity contribution in [3.63, 3.8) is 0 Å². The molecule has 0 aliphatic rings. The molecule has 0 fully saturated rings. The molecule has 0 rings (SSSR count). The lowest BCUT2D eigenvalue weighted by Gasteiger charge is -2.33. The van der Waals surface area contributed by atoms with E-state index in [4.69, 9.17) is 5.73 Å². The first kappa shape index (κ1) is 15.9. The minimum absolute atomic E-state index is 0.553. The third-order valence-corrected chi connectivity index (χ3v) is 3.52. The van der Waals surface area contributed by atoms with Crippen molar-refractivity contribution in [1.82, 2.24) is 9.80 Å². The van der Waals surface area contributed by atoms with Crippen LogP contribution in [0.25, 0.3) is 0 Å². The quantitative estimate of drug-likeness (QED) is 0.652. The maximum absolute atomic E-state index is 5.91. The Bertz CT molecular complexity index is 155. The van der Waals surface area contributed by atoms with Gasteiger partial charge in [0.2, 0.25) is 0 Å². The van der Waals surface area contributed by atoms with Crippen LogP contribution in [0.15, 0.2) is 0 Å². The molecule has 0 radical (unpaired) electrons. The number of likely N-dealkylation sites (N-methyl/N-ethyl adjacent to an activating group) is 1. The van der Waals surface area contributed by atoms with Gasteiger partial charge in [-0.2, -0.15) is 0 Å². The number of hydrogen-bond acceptors (Lipinski definition) is 3. The van der Waals surface area contributed by atoms with Gasteiger partial charge < -0.3 is 15.5 Å². The molecule has 0 aromatic heterocycles. The van der Waals surface area contributed by atoms with Crippen molar-refractivity contribution < 1.29 is 0 Å². The van der Waals surface area contributed by atoms with Crippen molar-refractivity contribution in [2.24, 2.45) is 11.7 Å². The van der Waals surface area contributed by atoms with Gasteiger partial charge in [-0.3, -0.25) is 0 Å². The zero-order valence-corrected chi connectivity index (χ0v) is 11.9. The van der Waals surface area contributed by atoms with E-state index in [1.54, 1.807) is 0 Å². The highest BCUT2D eigenvalue weighted by Crippen LogP contribution is 2.17. The van der Waals surface area contributed by atoms with Crippen LogP contribution in [0, 0.1) is 5.92 Å². The van der Waals surface area contributed by atoms with Crippen molar-refractivity contribution in [3.8, 4) is 0 Å². The molecule has 3 heteroatoms. The van der Waals surface area contributed by atoms with E-state index in [0.717, 1.165) is 25.6 Å². The fourth-order valence-corrected chi connectivity index (χ4v) is 2.37. The van der Waals surface area contributed by atoms with E-state index in [1.807, 2.05) is 0 Å². The molecule has 3 nitrogen and oxygen atoms in total. The minimum atomic E-state index is 0.553. The summed E-state index contributed by atoms with van der Waals surface area (Å²) in [5.41, 5.74) is 5.91. The van der Waals surface area contributed by atoms with Gasteiger partial charge in [-0.1, -0.05) is 26.7 Å². The van der Waals surface area contributed by atoms with E-state index in [1.165, 1.54) is 19.3 Å². The van der Waals surface area contributed by atoms with E-state index in [9.17, 15) is 0 Å². The third-order valence-electron chi connectivity index (χ3n) is 3.52. The normalized spacial score (nSPS) is 14.1. The summed E-state index contributed by atoms with van der Waals surface area (Å²) in [6.45, 7) is 7.63. The maximum atomic E-state index is 5.91. The lowest BCUT2D eigenvalue weighted by atomic mass is 9.93. The minimum Gasteiger partial charge on any atom is -0.329 e. The Kier molecular flexibility index (Phi) is 8.90. The largest absolute Gasteiger partial charge is 0.329 e. The first-order valence-electron chi connectivity index (χ1n) is 6.61. The standard InChI is InChI=1S/C13H31N3/c1-6-12(7-2)13(11-14)16(5)10-8-9-15(3)4/h12-13H,6-11,14H2,1-5H3. The summed E-state index contributed by atoms with van der Waals surface area (Å²) in [5, 5.41) is 0. The lowest BCUT2D eigenvalue weighted by molar-refractivity contribution is 0.166. The number of hydrogen-bond donors (Lipinski definition) is 1. The predicted molar refractivity (Wildman–Crippen MR) is 72.7 cm³/mol. The second-order valence-electron chi connectivity index (χ2n) is 5.02. The zero-order valence-electron chi connectivity index (χ0n) is 11.9. The van der Waals surface area contributed by atoms with Gasteiger partial charge in [0.1, 0.15) is 0 Å². The van der Waals surface area contributed by atoms with E-state index in [-0.39, 0.29) is 0 Å². The van der Waals surface area contributed by atoms with E-state index in [2.05, 4.69) is 44.8 Å². The van der Waals surface area contributed by atoms with Gasteiger partial charge in [-0.15, -0.1) is 0 Å². The fraction of sp³-hybridized carbons (Fsp3) is 1.00. The fourth-order valence-electron chi connectivity index (χ4n) is 2.37. The average Bonchev–Trinajstić information content (AvgIpc) is 2.24. The molecule has 0 spiro atoms. The van der Waals surface area contributed by atoms with Crippen LogP contribution < -0.4 is 5.73 Å². The van der Waals surface area contributed by atoms with Crippen molar-refractivity contribution in [2.45, 2.75) is 39.2 Å². The van der Waals surface area contributed by atoms with Crippen molar-refractivity contribution >= 4 is 0 Å². The van der Waals surface area contributed by atoms with Gasteiger partial charge in [-0.25, -0.2) is 0 Å². The molecule has 1 atom stereocenters. The van der Waals surface area contributed by atoms with Crippen LogP contribution in [0.5, 0.6) is 0 Å². The summed E-state index contributed by atoms with van der Waals surface area (Å²) in [5.74, 6) is 0.745. The molecule has 0 aliphatic heterocycles. The molecular weight excluding hydrogens is 198 g/mol. The number of rotatable bonds is 9. The molecule has 2 N–H and O–H groups in total. The third kappa shape index (κ3) is 5.83. The Labute approximate surface area is 102 Å². The first-order valence-corrected chi connectivity index (χ1v) is 6.61. The molecule has 0 heterocycles. The summed E-state index contributed by atoms with van der Waals surface area (Å²) < 4.78 is 0. The Morgan fingerprint density at radius 2 is 1.56 bits per heavy atom. The highest BCUT2D eigenvalue weighted by atomic mass is 15.1. The van der Waals surface area contributed by atoms with Crippen LogP contribution in [0.4, 0.5) is 0 Å². The molecule has 0 aliphatic carbocycles. The molecule has 0 saturated heterocycles. The molecular formula is C13H31N3. The van der Waals surface area contributed by atoms with Crippen LogP contribution >= 0.6 is 0 Å². The van der Waals surface area contributed by atoms with Gasteiger partial charge in [0.15, 0.2) is 0 Å². The predicted octanol–water partition coefficient (Wildman–Crippen LogP) is 1.63. The summed E-state index contributed by atoms with van der Waals surface area (Å²) in [6, 6.07) is 0.553. The highest BCUT2D eigenvalue weighted by molar-refractivity contribution is 4.77. The Morgan fingerprint density at radius 3 is 1.94 bits per heavy atom. The van der Waals surface area contributed by atoms with Gasteiger partial charge in [0.25, 0.3) is 0 Å². The van der Waals surface area contributed by atoms with Crippen LogP contribution in [0.1, 0.15) is 33.1 Å². The van der Waals surface area contributed by atoms with E-state index in [0.29, 0.717) is 6.04 Å². The van der Waals surface area contributed by atoms with Gasteiger partial charge in [0, 0.05) is 12.6 Å². The molecule has 1 unspecified atom stereocenters. The summed E-state index contributed by atoms with van der Waals surface area (Å²) in [6.07, 6.45) is 3.69. The van der Waals surface area contributed by atoms with E-state index < -0.39 is 0 Å². The maximum Gasteiger partial charge on any atom is 0.0243 e. The smallest absolute Gasteiger partial charge is 0.0243 e. The highest BCUT2D eigenvalue weighted by Gasteiger charge is 2.20. The molecule has 0 saturated carbocycles. The number of nitrogens with two attached hydrogens (primary N) is 1. The monoisotopic (exact) mass is 229 g/mol. The molecule has 0 amide bonds. The van der Waals surface area contributed by atoms with Crippen LogP contribution in [-0.2, 0) is 0 Å². The van der Waals surface area contributed by atoms with Crippen LogP contribution in [0.3, 0.4) is 0 Å². The van der Waals surface area contributed by atoms with Gasteiger partial charge in [-0.05, 0) is 46.6 Å². The summed E-state index contributed by atoms with van der Waals surface area (Å²) in [4.78, 5) is 4.68. The van der Waals surface area contributed by atoms with Crippen molar-refractivity contribution in [3.05, 3.63) is 0 Å². The molecule has 16 heavy (non-hydrogen) atoms. The Hall–Kier alpha value is -0.120. The van der Waals surface area contributed by atoms with Gasteiger partial charge in [0.05, 0.1) is 0 Å². The summed E-state index contributed by atoms with van der Waals surface area (Å²) in [7, 11) is 6.47. The second kappa shape index (κ2) is 8.97. The molecule has 0 aromatic carbocycles. The average molecular weight is 229 g/mol. The SMILES string of the molecule is CCC(CC)C(CN)N(C)CCCN(C)C. The van der Waals surface area contributed by atoms with Crippen molar-refractivity contribution in [2.75, 3.05) is 40.8 Å². The van der Waals surface area contributed by atoms with E-state index >= 15 is 0 Å². The Morgan fingerprint density at radius 1 is 1.00 bits per heavy atom. The number of nitrogens with zero attached hydrogens (tertiary/aromatic N) is 2. The summed E-state index contributed by atoms with van der Waals surface area (Å²) >= 11 is 0. The molecule has 0 aromatic rings. The van der Waals surface area contributed by atoms with Crippen LogP contribution in [0.2, 0.25) is 0 Å². The zero-order chi connectivity index (χ0) is 12.6.